The number of aliphatic imine (C=N–C) groups is 1. The van der Waals surface area contributed by atoms with Gasteiger partial charge < -0.3 is 5.11 Å². The van der Waals surface area contributed by atoms with Crippen LogP contribution in [0.3, 0.4) is 0 Å². The highest BCUT2D eigenvalue weighted by atomic mass is 35.5. The van der Waals surface area contributed by atoms with Crippen LogP contribution in [0.25, 0.3) is 0 Å². The Hall–Kier alpha value is -0.970. The Labute approximate surface area is 61.4 Å². The molecule has 10 heavy (non-hydrogen) atoms. The molecule has 1 aliphatic heterocycles. The first kappa shape index (κ1) is 7.14. The largest absolute Gasteiger partial charge is 0.477 e. The minimum Gasteiger partial charge on any atom is -0.477 e. The van der Waals surface area contributed by atoms with Crippen molar-refractivity contribution in [3.05, 3.63) is 0 Å². The number of hydrogen-bond donors (Lipinski definition) is 1. The van der Waals surface area contributed by atoms with Gasteiger partial charge in [-0.3, -0.25) is 0 Å². The fourth-order valence-electron chi connectivity index (χ4n) is 0.488. The molecule has 0 aromatic heterocycles. The van der Waals surface area contributed by atoms with Gasteiger partial charge in [-0.15, -0.1) is 10.2 Å². The molecule has 1 N–H and O–H groups in total. The normalized spacial score (nSPS) is 30.4. The molecule has 1 unspecified atom stereocenters. The third kappa shape index (κ3) is 0.995. The van der Waals surface area contributed by atoms with Crippen LogP contribution in [0.4, 0.5) is 0 Å². The third-order valence-electron chi connectivity index (χ3n) is 0.909. The zero-order chi connectivity index (χ0) is 7.78. The van der Waals surface area contributed by atoms with Gasteiger partial charge in [0.2, 0.25) is 0 Å². The minimum atomic E-state index is -1.90. The predicted molar refractivity (Wildman–Crippen MR) is 34.2 cm³/mol. The van der Waals surface area contributed by atoms with Crippen LogP contribution in [0.5, 0.6) is 0 Å². The van der Waals surface area contributed by atoms with Crippen LogP contribution < -0.4 is 0 Å². The summed E-state index contributed by atoms with van der Waals surface area (Å²) in [6.45, 7) is 1.52. The van der Waals surface area contributed by atoms with E-state index in [0.29, 0.717) is 0 Å². The number of carboxylic acid groups (broad SMARTS) is 1. The molecule has 0 bridgehead atoms. The van der Waals surface area contributed by atoms with Crippen LogP contribution in [0.15, 0.2) is 15.2 Å². The second-order valence-corrected chi connectivity index (χ2v) is 2.28. The van der Waals surface area contributed by atoms with Gasteiger partial charge in [0, 0.05) is 0 Å². The van der Waals surface area contributed by atoms with Crippen LogP contribution in [-0.4, -0.2) is 22.0 Å². The van der Waals surface area contributed by atoms with E-state index >= 15 is 0 Å². The third-order valence-corrected chi connectivity index (χ3v) is 1.23. The Balaban J connectivity index is 2.95. The zero-order valence-electron chi connectivity index (χ0n) is 5.08. The molecule has 0 aliphatic carbocycles. The number of aliphatic carboxylic acids is 1. The number of hydrogen-bond acceptors (Lipinski definition) is 4. The molecule has 1 atom stereocenters. The lowest BCUT2D eigenvalue weighted by Crippen LogP contribution is -2.25. The van der Waals surface area contributed by atoms with Crippen LogP contribution >= 0.6 is 11.6 Å². The van der Waals surface area contributed by atoms with Crippen molar-refractivity contribution in [3.63, 3.8) is 0 Å². The summed E-state index contributed by atoms with van der Waals surface area (Å²) < 4.78 is 0. The first-order valence-electron chi connectivity index (χ1n) is 2.46. The first-order chi connectivity index (χ1) is 4.54. The molecule has 0 saturated carbocycles. The van der Waals surface area contributed by atoms with E-state index in [-0.39, 0.29) is 5.84 Å². The van der Waals surface area contributed by atoms with Gasteiger partial charge in [-0.1, -0.05) is 11.6 Å². The molecule has 1 rings (SSSR count). The monoisotopic (exact) mass is 161 g/mol. The van der Waals surface area contributed by atoms with Crippen LogP contribution in [-0.2, 0) is 4.79 Å². The number of alkyl halides is 1. The van der Waals surface area contributed by atoms with E-state index in [2.05, 4.69) is 15.2 Å². The fourth-order valence-corrected chi connectivity index (χ4v) is 0.648. The van der Waals surface area contributed by atoms with E-state index in [1.807, 2.05) is 0 Å². The molecule has 5 nitrogen and oxygen atoms in total. The number of azo groups is 1. The Bertz CT molecular complexity index is 237. The van der Waals surface area contributed by atoms with E-state index in [1.54, 1.807) is 0 Å². The van der Waals surface area contributed by atoms with E-state index in [0.717, 1.165) is 0 Å². The summed E-state index contributed by atoms with van der Waals surface area (Å²) in [5, 5.41) is 13.1. The van der Waals surface area contributed by atoms with Crippen LogP contribution in [0.2, 0.25) is 0 Å². The van der Waals surface area contributed by atoms with Crippen molar-refractivity contribution in [2.75, 3.05) is 0 Å². The number of carbonyl (C=O) groups is 1. The number of amidine groups is 1. The highest BCUT2D eigenvalue weighted by molar-refractivity contribution is 6.34. The SMILES string of the molecule is CC1=NC(Cl)(C(=O)O)N=N1. The van der Waals surface area contributed by atoms with Crippen molar-refractivity contribution >= 4 is 23.4 Å². The summed E-state index contributed by atoms with van der Waals surface area (Å²) in [5.41, 5.74) is 0. The molecule has 54 valence electrons. The highest BCUT2D eigenvalue weighted by Gasteiger charge is 2.39. The zero-order valence-corrected chi connectivity index (χ0v) is 5.83. The Morgan fingerprint density at radius 1 is 1.80 bits per heavy atom. The molecule has 0 saturated heterocycles. The maximum atomic E-state index is 10.3. The van der Waals surface area contributed by atoms with Gasteiger partial charge in [-0.25, -0.2) is 9.79 Å². The average Bonchev–Trinajstić information content (AvgIpc) is 2.13. The first-order valence-corrected chi connectivity index (χ1v) is 2.84. The molecule has 0 amide bonds. The van der Waals surface area contributed by atoms with E-state index in [1.165, 1.54) is 6.92 Å². The number of rotatable bonds is 1. The summed E-state index contributed by atoms with van der Waals surface area (Å²) in [6.07, 6.45) is 0. The fraction of sp³-hybridized carbons (Fsp3) is 0.500. The van der Waals surface area contributed by atoms with Gasteiger partial charge in [-0.2, -0.15) is 0 Å². The van der Waals surface area contributed by atoms with Crippen molar-refractivity contribution in [2.45, 2.75) is 12.0 Å². The minimum absolute atomic E-state index is 0.275. The standard InChI is InChI=1S/C4H4ClN3O2/c1-2-6-4(5,3(9)10)8-7-2/h1H3,(H,9,10). The lowest BCUT2D eigenvalue weighted by atomic mass is 10.5. The van der Waals surface area contributed by atoms with Gasteiger partial charge >= 0.3 is 11.1 Å². The van der Waals surface area contributed by atoms with Crippen molar-refractivity contribution < 1.29 is 9.90 Å². The number of halogens is 1. The van der Waals surface area contributed by atoms with Gasteiger partial charge in [-0.05, 0) is 6.92 Å². The summed E-state index contributed by atoms with van der Waals surface area (Å²) in [6, 6.07) is 0. The van der Waals surface area contributed by atoms with Gasteiger partial charge in [0.15, 0.2) is 0 Å². The second kappa shape index (κ2) is 2.02. The van der Waals surface area contributed by atoms with E-state index in [9.17, 15) is 4.79 Å². The Kier molecular flexibility index (Phi) is 1.44. The Morgan fingerprint density at radius 2 is 2.40 bits per heavy atom. The highest BCUT2D eigenvalue weighted by Crippen LogP contribution is 2.24. The second-order valence-electron chi connectivity index (χ2n) is 1.75. The molecule has 0 spiro atoms. The summed E-state index contributed by atoms with van der Waals surface area (Å²) in [7, 11) is 0. The van der Waals surface area contributed by atoms with E-state index < -0.39 is 11.1 Å². The molecule has 6 heteroatoms. The van der Waals surface area contributed by atoms with Crippen molar-refractivity contribution in [1.29, 1.82) is 0 Å². The molecular weight excluding hydrogens is 158 g/mol. The topological polar surface area (TPSA) is 74.4 Å². The Morgan fingerprint density at radius 3 is 2.60 bits per heavy atom. The van der Waals surface area contributed by atoms with E-state index in [4.69, 9.17) is 16.7 Å². The average molecular weight is 162 g/mol. The smallest absolute Gasteiger partial charge is 0.372 e. The maximum absolute atomic E-state index is 10.3. The van der Waals surface area contributed by atoms with Crippen molar-refractivity contribution in [1.82, 2.24) is 0 Å². The quantitative estimate of drug-likeness (QED) is 0.457. The maximum Gasteiger partial charge on any atom is 0.372 e. The summed E-state index contributed by atoms with van der Waals surface area (Å²) in [5.74, 6) is -1.04. The number of carboxylic acids is 1. The molecule has 0 radical (unpaired) electrons. The van der Waals surface area contributed by atoms with Crippen molar-refractivity contribution in [2.24, 2.45) is 15.2 Å². The van der Waals surface area contributed by atoms with Gasteiger partial charge in [0.1, 0.15) is 5.84 Å². The lowest BCUT2D eigenvalue weighted by Gasteiger charge is -2.03. The van der Waals surface area contributed by atoms with Crippen LogP contribution in [0, 0.1) is 0 Å². The summed E-state index contributed by atoms with van der Waals surface area (Å²) in [4.78, 5) is 13.7. The predicted octanol–water partition coefficient (Wildman–Crippen LogP) is 0.848. The van der Waals surface area contributed by atoms with Gasteiger partial charge in [0.25, 0.3) is 0 Å². The van der Waals surface area contributed by atoms with Gasteiger partial charge in [0.05, 0.1) is 0 Å². The molecule has 0 fully saturated rings. The number of nitrogens with zero attached hydrogens (tertiary/aromatic N) is 3. The molecular formula is C4H4ClN3O2. The lowest BCUT2D eigenvalue weighted by molar-refractivity contribution is -0.139. The molecule has 1 aliphatic rings. The molecule has 0 aromatic rings. The molecule has 0 aromatic carbocycles. The van der Waals surface area contributed by atoms with Crippen molar-refractivity contribution in [3.8, 4) is 0 Å². The summed E-state index contributed by atoms with van der Waals surface area (Å²) >= 11 is 5.35. The van der Waals surface area contributed by atoms with Crippen LogP contribution in [0.1, 0.15) is 6.92 Å². The molecule has 1 heterocycles.